The van der Waals surface area contributed by atoms with Gasteiger partial charge in [-0.3, -0.25) is 9.59 Å². The molecule has 0 saturated heterocycles. The van der Waals surface area contributed by atoms with Gasteiger partial charge in [-0.25, -0.2) is 4.98 Å². The Bertz CT molecular complexity index is 487. The number of aromatic nitrogens is 1. The van der Waals surface area contributed by atoms with Crippen LogP contribution in [0.2, 0.25) is 0 Å². The Kier molecular flexibility index (Phi) is 6.65. The summed E-state index contributed by atoms with van der Waals surface area (Å²) in [4.78, 5) is 30.7. The summed E-state index contributed by atoms with van der Waals surface area (Å²) >= 11 is 0. The van der Waals surface area contributed by atoms with E-state index in [1.807, 2.05) is 32.9 Å². The first-order valence-electron chi connectivity index (χ1n) is 7.15. The van der Waals surface area contributed by atoms with E-state index in [1.165, 1.54) is 0 Å². The zero-order chi connectivity index (χ0) is 15.8. The summed E-state index contributed by atoms with van der Waals surface area (Å²) < 4.78 is 0. The van der Waals surface area contributed by atoms with Crippen LogP contribution < -0.4 is 4.90 Å². The summed E-state index contributed by atoms with van der Waals surface area (Å²) in [5.41, 5.74) is 1.02. The fourth-order valence-electron chi connectivity index (χ4n) is 2.04. The highest BCUT2D eigenvalue weighted by atomic mass is 16.4. The van der Waals surface area contributed by atoms with Crippen molar-refractivity contribution in [1.29, 1.82) is 0 Å². The highest BCUT2D eigenvalue weighted by molar-refractivity contribution is 5.81. The number of carboxylic acids is 1. The molecule has 0 aliphatic heterocycles. The van der Waals surface area contributed by atoms with Gasteiger partial charge in [0.1, 0.15) is 5.82 Å². The van der Waals surface area contributed by atoms with Crippen molar-refractivity contribution in [1.82, 2.24) is 9.88 Å². The second-order valence-corrected chi connectivity index (χ2v) is 4.82. The summed E-state index contributed by atoms with van der Waals surface area (Å²) in [6.07, 6.45) is 1.64. The van der Waals surface area contributed by atoms with Crippen LogP contribution in [0.25, 0.3) is 0 Å². The first-order chi connectivity index (χ1) is 9.97. The Hall–Kier alpha value is -2.11. The molecule has 0 spiro atoms. The number of hydrogen-bond acceptors (Lipinski definition) is 4. The normalized spacial score (nSPS) is 10.2. The van der Waals surface area contributed by atoms with Crippen LogP contribution in [0.3, 0.4) is 0 Å². The average molecular weight is 293 g/mol. The number of nitrogens with zero attached hydrogens (tertiary/aromatic N) is 3. The largest absolute Gasteiger partial charge is 0.481 e. The fourth-order valence-corrected chi connectivity index (χ4v) is 2.04. The van der Waals surface area contributed by atoms with E-state index in [-0.39, 0.29) is 25.4 Å². The van der Waals surface area contributed by atoms with E-state index >= 15 is 0 Å². The maximum Gasteiger partial charge on any atom is 0.305 e. The monoisotopic (exact) mass is 293 g/mol. The lowest BCUT2D eigenvalue weighted by molar-refractivity contribution is -0.137. The number of carbonyl (C=O) groups is 2. The van der Waals surface area contributed by atoms with Crippen LogP contribution in [0, 0.1) is 6.92 Å². The van der Waals surface area contributed by atoms with Crippen molar-refractivity contribution in [2.24, 2.45) is 0 Å². The molecule has 0 bridgehead atoms. The Morgan fingerprint density at radius 2 is 1.95 bits per heavy atom. The van der Waals surface area contributed by atoms with E-state index in [2.05, 4.69) is 4.98 Å². The minimum absolute atomic E-state index is 0.0197. The molecule has 1 aromatic heterocycles. The first kappa shape index (κ1) is 16.9. The third-order valence-electron chi connectivity index (χ3n) is 3.26. The Morgan fingerprint density at radius 3 is 2.48 bits per heavy atom. The second-order valence-electron chi connectivity index (χ2n) is 4.82. The molecule has 1 aromatic rings. The SMILES string of the molecule is CCN(CC)C(=O)CN(CCC(=O)O)c1cc(C)ccn1. The van der Waals surface area contributed by atoms with E-state index in [1.54, 1.807) is 16.0 Å². The van der Waals surface area contributed by atoms with Gasteiger partial charge in [0.25, 0.3) is 0 Å². The van der Waals surface area contributed by atoms with Gasteiger partial charge < -0.3 is 14.9 Å². The average Bonchev–Trinajstić information content (AvgIpc) is 2.44. The van der Waals surface area contributed by atoms with Gasteiger partial charge in [0.2, 0.25) is 5.91 Å². The molecule has 21 heavy (non-hydrogen) atoms. The fraction of sp³-hybridized carbons (Fsp3) is 0.533. The highest BCUT2D eigenvalue weighted by Crippen LogP contribution is 2.13. The predicted molar refractivity (Wildman–Crippen MR) is 81.4 cm³/mol. The molecule has 0 fully saturated rings. The summed E-state index contributed by atoms with van der Waals surface area (Å²) in [6.45, 7) is 7.48. The maximum atomic E-state index is 12.2. The predicted octanol–water partition coefficient (Wildman–Crippen LogP) is 1.54. The van der Waals surface area contributed by atoms with E-state index in [0.29, 0.717) is 18.9 Å². The van der Waals surface area contributed by atoms with Gasteiger partial charge in [0.15, 0.2) is 0 Å². The van der Waals surface area contributed by atoms with Crippen LogP contribution in [0.1, 0.15) is 25.8 Å². The van der Waals surface area contributed by atoms with Crippen molar-refractivity contribution in [2.75, 3.05) is 31.1 Å². The van der Waals surface area contributed by atoms with Crippen molar-refractivity contribution >= 4 is 17.7 Å². The molecule has 0 unspecified atom stereocenters. The van der Waals surface area contributed by atoms with E-state index in [0.717, 1.165) is 5.56 Å². The minimum Gasteiger partial charge on any atom is -0.481 e. The molecular formula is C15H23N3O3. The number of rotatable bonds is 8. The quantitative estimate of drug-likeness (QED) is 0.787. The lowest BCUT2D eigenvalue weighted by Crippen LogP contribution is -2.41. The molecule has 1 heterocycles. The minimum atomic E-state index is -0.886. The summed E-state index contributed by atoms with van der Waals surface area (Å²) in [5, 5.41) is 8.86. The number of amides is 1. The standard InChI is InChI=1S/C15H23N3O3/c1-4-17(5-2)14(19)11-18(9-7-15(20)21)13-10-12(3)6-8-16-13/h6,8,10H,4-5,7,9,11H2,1-3H3,(H,20,21). The molecule has 0 radical (unpaired) electrons. The molecule has 1 amide bonds. The number of hydrogen-bond donors (Lipinski definition) is 1. The summed E-state index contributed by atoms with van der Waals surface area (Å²) in [6, 6.07) is 3.72. The van der Waals surface area contributed by atoms with Crippen LogP contribution in [0.4, 0.5) is 5.82 Å². The Morgan fingerprint density at radius 1 is 1.29 bits per heavy atom. The number of likely N-dealkylation sites (N-methyl/N-ethyl adjacent to an activating group) is 1. The van der Waals surface area contributed by atoms with Crippen LogP contribution >= 0.6 is 0 Å². The molecule has 6 nitrogen and oxygen atoms in total. The molecular weight excluding hydrogens is 270 g/mol. The van der Waals surface area contributed by atoms with E-state index < -0.39 is 5.97 Å². The van der Waals surface area contributed by atoms with E-state index in [4.69, 9.17) is 5.11 Å². The first-order valence-corrected chi connectivity index (χ1v) is 7.15. The molecule has 0 atom stereocenters. The van der Waals surface area contributed by atoms with Crippen LogP contribution in [0.5, 0.6) is 0 Å². The van der Waals surface area contributed by atoms with Crippen molar-refractivity contribution in [3.63, 3.8) is 0 Å². The van der Waals surface area contributed by atoms with Crippen molar-refractivity contribution in [3.05, 3.63) is 23.9 Å². The summed E-state index contributed by atoms with van der Waals surface area (Å²) in [5.74, 6) is -0.270. The smallest absolute Gasteiger partial charge is 0.305 e. The van der Waals surface area contributed by atoms with E-state index in [9.17, 15) is 9.59 Å². The number of carboxylic acid groups (broad SMARTS) is 1. The third-order valence-corrected chi connectivity index (χ3v) is 3.26. The molecule has 0 aliphatic carbocycles. The lowest BCUT2D eigenvalue weighted by atomic mass is 10.2. The van der Waals surface area contributed by atoms with Gasteiger partial charge in [-0.2, -0.15) is 0 Å². The number of aliphatic carboxylic acids is 1. The van der Waals surface area contributed by atoms with Gasteiger partial charge in [-0.15, -0.1) is 0 Å². The molecule has 116 valence electrons. The molecule has 1 rings (SSSR count). The molecule has 0 aliphatic rings. The second kappa shape index (κ2) is 8.24. The zero-order valence-corrected chi connectivity index (χ0v) is 12.9. The van der Waals surface area contributed by atoms with Gasteiger partial charge in [0, 0.05) is 25.8 Å². The van der Waals surface area contributed by atoms with Crippen LogP contribution in [0.15, 0.2) is 18.3 Å². The van der Waals surface area contributed by atoms with Crippen LogP contribution in [-0.2, 0) is 9.59 Å². The van der Waals surface area contributed by atoms with Gasteiger partial charge in [0.05, 0.1) is 13.0 Å². The van der Waals surface area contributed by atoms with Crippen LogP contribution in [-0.4, -0.2) is 53.0 Å². The van der Waals surface area contributed by atoms with Crippen molar-refractivity contribution < 1.29 is 14.7 Å². The molecule has 1 N–H and O–H groups in total. The number of pyridine rings is 1. The van der Waals surface area contributed by atoms with Crippen molar-refractivity contribution in [3.8, 4) is 0 Å². The zero-order valence-electron chi connectivity index (χ0n) is 12.9. The third kappa shape index (κ3) is 5.41. The van der Waals surface area contributed by atoms with Gasteiger partial charge >= 0.3 is 5.97 Å². The number of aryl methyl sites for hydroxylation is 1. The lowest BCUT2D eigenvalue weighted by Gasteiger charge is -2.26. The maximum absolute atomic E-state index is 12.2. The van der Waals surface area contributed by atoms with Gasteiger partial charge in [-0.1, -0.05) is 0 Å². The molecule has 6 heteroatoms. The molecule has 0 saturated carbocycles. The number of carbonyl (C=O) groups excluding carboxylic acids is 1. The number of anilines is 1. The molecule has 0 aromatic carbocycles. The topological polar surface area (TPSA) is 73.7 Å². The summed E-state index contributed by atoms with van der Waals surface area (Å²) in [7, 11) is 0. The van der Waals surface area contributed by atoms with Gasteiger partial charge in [-0.05, 0) is 38.5 Å². The Labute approximate surface area is 125 Å². The van der Waals surface area contributed by atoms with Crippen molar-refractivity contribution in [2.45, 2.75) is 27.2 Å². The Balaban J connectivity index is 2.86. The highest BCUT2D eigenvalue weighted by Gasteiger charge is 2.17.